The zero-order valence-corrected chi connectivity index (χ0v) is 21.2. The van der Waals surface area contributed by atoms with Crippen molar-refractivity contribution >= 4 is 29.1 Å². The number of pyridine rings is 2. The number of aryl methyl sites for hydroxylation is 1. The van der Waals surface area contributed by atoms with Gasteiger partial charge < -0.3 is 15.7 Å². The van der Waals surface area contributed by atoms with E-state index in [0.29, 0.717) is 42.8 Å². The van der Waals surface area contributed by atoms with E-state index in [1.54, 1.807) is 25.3 Å². The molecule has 0 spiro atoms. The van der Waals surface area contributed by atoms with Crippen LogP contribution in [0.3, 0.4) is 0 Å². The van der Waals surface area contributed by atoms with E-state index >= 15 is 0 Å². The third-order valence-electron chi connectivity index (χ3n) is 5.96. The molecule has 0 saturated carbocycles. The van der Waals surface area contributed by atoms with Crippen LogP contribution in [0.1, 0.15) is 54.9 Å². The first-order valence-corrected chi connectivity index (χ1v) is 12.0. The van der Waals surface area contributed by atoms with Gasteiger partial charge in [0.05, 0.1) is 18.0 Å². The fraction of sp³-hybridized carbons (Fsp3) is 0.423. The van der Waals surface area contributed by atoms with Crippen molar-refractivity contribution in [2.45, 2.75) is 51.6 Å². The number of aliphatic imine (C=N–C) groups is 1. The highest BCUT2D eigenvalue weighted by molar-refractivity contribution is 6.02. The standard InChI is InChI=1S/C20H21N5O3.C6H11F2N/c1-12(27)3-4-16-8-15-7-14(11-26)9-23-20(15)25(16)17-5-6-18(22-10-17)19(21)24-13(2)28;1-9-4-2-6(7,8)3-5-9/h5-12,27H,3-4H2,1-2H3,(H2,21,24,28);2-5H2,1H3. The monoisotopic (exact) mass is 514 g/mol. The number of rotatable bonds is 6. The number of amides is 1. The Balaban J connectivity index is 0.000000356. The van der Waals surface area contributed by atoms with Gasteiger partial charge >= 0.3 is 0 Å². The van der Waals surface area contributed by atoms with Crippen molar-refractivity contribution in [3.8, 4) is 5.69 Å². The molecule has 1 aliphatic rings. The van der Waals surface area contributed by atoms with Crippen LogP contribution in [0.15, 0.2) is 41.7 Å². The summed E-state index contributed by atoms with van der Waals surface area (Å²) in [6, 6.07) is 7.22. The summed E-state index contributed by atoms with van der Waals surface area (Å²) in [7, 11) is 1.87. The highest BCUT2D eigenvalue weighted by Crippen LogP contribution is 2.27. The third kappa shape index (κ3) is 7.70. The maximum Gasteiger partial charge on any atom is 0.250 e. The predicted octanol–water partition coefficient (Wildman–Crippen LogP) is 3.15. The number of likely N-dealkylation sites (tertiary alicyclic amines) is 1. The van der Waals surface area contributed by atoms with Crippen LogP contribution < -0.4 is 5.73 Å². The molecule has 3 N–H and O–H groups in total. The van der Waals surface area contributed by atoms with Crippen molar-refractivity contribution in [2.75, 3.05) is 20.1 Å². The minimum atomic E-state index is -2.38. The molecular formula is C26H32F2N6O3. The molecule has 0 bridgehead atoms. The Morgan fingerprint density at radius 2 is 1.95 bits per heavy atom. The molecule has 3 aromatic heterocycles. The van der Waals surface area contributed by atoms with Crippen LogP contribution in [0.25, 0.3) is 16.7 Å². The number of amidine groups is 1. The van der Waals surface area contributed by atoms with Gasteiger partial charge in [-0.05, 0) is 51.1 Å². The summed E-state index contributed by atoms with van der Waals surface area (Å²) in [5, 5.41) is 10.5. The maximum atomic E-state index is 12.4. The van der Waals surface area contributed by atoms with Crippen LogP contribution in [-0.2, 0) is 11.2 Å². The van der Waals surface area contributed by atoms with Gasteiger partial charge in [0.2, 0.25) is 5.91 Å². The van der Waals surface area contributed by atoms with E-state index in [4.69, 9.17) is 5.73 Å². The topological polar surface area (TPSA) is 127 Å². The van der Waals surface area contributed by atoms with E-state index in [2.05, 4.69) is 15.0 Å². The fourth-order valence-electron chi connectivity index (χ4n) is 3.90. The van der Waals surface area contributed by atoms with E-state index < -0.39 is 17.9 Å². The van der Waals surface area contributed by atoms with Gasteiger partial charge in [0.15, 0.2) is 12.1 Å². The average Bonchev–Trinajstić information content (AvgIpc) is 3.22. The zero-order valence-electron chi connectivity index (χ0n) is 21.2. The highest BCUT2D eigenvalue weighted by atomic mass is 19.3. The second-order valence-electron chi connectivity index (χ2n) is 9.24. The molecule has 0 aromatic carbocycles. The summed E-state index contributed by atoms with van der Waals surface area (Å²) < 4.78 is 26.6. The van der Waals surface area contributed by atoms with Crippen molar-refractivity contribution in [1.82, 2.24) is 19.4 Å². The zero-order chi connectivity index (χ0) is 27.2. The van der Waals surface area contributed by atoms with E-state index in [-0.39, 0.29) is 18.7 Å². The Bertz CT molecular complexity index is 1260. The molecule has 198 valence electrons. The molecule has 0 radical (unpaired) electrons. The lowest BCUT2D eigenvalue weighted by Crippen LogP contribution is -2.36. The number of aromatic nitrogens is 3. The number of halogens is 2. The molecule has 1 fully saturated rings. The molecular weight excluding hydrogens is 482 g/mol. The van der Waals surface area contributed by atoms with E-state index in [1.165, 1.54) is 13.1 Å². The molecule has 4 rings (SSSR count). The SMILES string of the molecule is CC(=O)N=C(N)c1ccc(-n2c(CCC(C)O)cc3cc(C=O)cnc32)cn1.CN1CCC(F)(F)CC1. The number of aliphatic hydroxyl groups excluding tert-OH is 1. The number of aliphatic hydroxyl groups is 1. The third-order valence-corrected chi connectivity index (χ3v) is 5.96. The molecule has 0 aliphatic carbocycles. The van der Waals surface area contributed by atoms with Crippen molar-refractivity contribution in [1.29, 1.82) is 0 Å². The maximum absolute atomic E-state index is 12.4. The van der Waals surface area contributed by atoms with Crippen LogP contribution >= 0.6 is 0 Å². The average molecular weight is 515 g/mol. The number of carbonyl (C=O) groups excluding carboxylic acids is 2. The van der Waals surface area contributed by atoms with Gasteiger partial charge in [0.25, 0.3) is 5.92 Å². The Labute approximate surface area is 214 Å². The van der Waals surface area contributed by atoms with Crippen molar-refractivity contribution in [3.05, 3.63) is 53.6 Å². The van der Waals surface area contributed by atoms with E-state index in [1.807, 2.05) is 28.6 Å². The Kier molecular flexibility index (Phi) is 9.17. The number of aldehydes is 1. The van der Waals surface area contributed by atoms with Gasteiger partial charge in [-0.25, -0.2) is 13.8 Å². The van der Waals surface area contributed by atoms with Gasteiger partial charge in [0, 0.05) is 55.7 Å². The molecule has 1 aliphatic heterocycles. The number of nitrogens with two attached hydrogens (primary N) is 1. The second kappa shape index (κ2) is 12.1. The molecule has 11 heteroatoms. The lowest BCUT2D eigenvalue weighted by atomic mass is 10.1. The van der Waals surface area contributed by atoms with Crippen LogP contribution in [0.4, 0.5) is 8.78 Å². The Morgan fingerprint density at radius 3 is 2.49 bits per heavy atom. The van der Waals surface area contributed by atoms with Gasteiger partial charge in [-0.1, -0.05) is 0 Å². The van der Waals surface area contributed by atoms with Crippen LogP contribution in [-0.4, -0.2) is 74.7 Å². The van der Waals surface area contributed by atoms with Crippen LogP contribution in [0, 0.1) is 0 Å². The number of fused-ring (bicyclic) bond motifs is 1. The molecule has 1 atom stereocenters. The van der Waals surface area contributed by atoms with Crippen LogP contribution in [0.2, 0.25) is 0 Å². The van der Waals surface area contributed by atoms with Crippen molar-refractivity contribution in [2.24, 2.45) is 10.7 Å². The largest absolute Gasteiger partial charge is 0.393 e. The lowest BCUT2D eigenvalue weighted by Gasteiger charge is -2.28. The summed E-state index contributed by atoms with van der Waals surface area (Å²) >= 11 is 0. The summed E-state index contributed by atoms with van der Waals surface area (Å²) in [6.07, 6.45) is 4.73. The number of hydrogen-bond donors (Lipinski definition) is 2. The minimum Gasteiger partial charge on any atom is -0.393 e. The Hall–Kier alpha value is -3.57. The normalized spacial score (nSPS) is 16.6. The second-order valence-corrected chi connectivity index (χ2v) is 9.24. The molecule has 37 heavy (non-hydrogen) atoms. The first kappa shape index (κ1) is 28.0. The quantitative estimate of drug-likeness (QED) is 0.294. The van der Waals surface area contributed by atoms with Crippen molar-refractivity contribution < 1.29 is 23.5 Å². The molecule has 1 unspecified atom stereocenters. The predicted molar refractivity (Wildman–Crippen MR) is 137 cm³/mol. The van der Waals surface area contributed by atoms with Crippen LogP contribution in [0.5, 0.6) is 0 Å². The summed E-state index contributed by atoms with van der Waals surface area (Å²) in [4.78, 5) is 36.5. The first-order valence-electron chi connectivity index (χ1n) is 12.0. The number of alkyl halides is 2. The van der Waals surface area contributed by atoms with E-state index in [9.17, 15) is 23.5 Å². The number of nitrogens with zero attached hydrogens (tertiary/aromatic N) is 5. The smallest absolute Gasteiger partial charge is 0.250 e. The molecule has 4 heterocycles. The minimum absolute atomic E-state index is 0.0312. The lowest BCUT2D eigenvalue weighted by molar-refractivity contribution is -0.115. The van der Waals surface area contributed by atoms with Gasteiger partial charge in [0.1, 0.15) is 11.3 Å². The van der Waals surface area contributed by atoms with E-state index in [0.717, 1.165) is 23.1 Å². The summed E-state index contributed by atoms with van der Waals surface area (Å²) in [5.41, 5.74) is 9.05. The molecule has 1 amide bonds. The van der Waals surface area contributed by atoms with Crippen molar-refractivity contribution in [3.63, 3.8) is 0 Å². The fourth-order valence-corrected chi connectivity index (χ4v) is 3.90. The number of piperidine rings is 1. The first-order chi connectivity index (χ1) is 17.5. The Morgan fingerprint density at radius 1 is 1.24 bits per heavy atom. The molecule has 3 aromatic rings. The molecule has 1 saturated heterocycles. The summed E-state index contributed by atoms with van der Waals surface area (Å²) in [5.74, 6) is -2.72. The summed E-state index contributed by atoms with van der Waals surface area (Å²) in [6.45, 7) is 4.13. The van der Waals surface area contributed by atoms with Gasteiger partial charge in [-0.2, -0.15) is 4.99 Å². The van der Waals surface area contributed by atoms with Gasteiger partial charge in [-0.15, -0.1) is 0 Å². The number of carbonyl (C=O) groups is 2. The van der Waals surface area contributed by atoms with Gasteiger partial charge in [-0.3, -0.25) is 19.1 Å². The number of hydrogen-bond acceptors (Lipinski definition) is 6. The molecule has 9 nitrogen and oxygen atoms in total. The highest BCUT2D eigenvalue weighted by Gasteiger charge is 2.32.